The van der Waals surface area contributed by atoms with Crippen molar-refractivity contribution in [3.8, 4) is 39.3 Å². The van der Waals surface area contributed by atoms with E-state index in [1.165, 1.54) is 16.5 Å². The zero-order valence-electron chi connectivity index (χ0n) is 29.5. The fraction of sp³-hybridized carbons (Fsp3) is 0. The Morgan fingerprint density at radius 1 is 0.491 bits per heavy atom. The molecular formula is C49H30N6+2. The molecule has 12 rings (SSSR count). The summed E-state index contributed by atoms with van der Waals surface area (Å²) in [5.74, 6) is 0. The number of para-hydroxylation sites is 2. The standard InChI is InChI=1S/C49H30N6/c1-2-10-31(11-3-1)32-12-8-13-34(26-32)54-44-21-19-33(27-39(44)41-29-50-30-47(41)54)36-14-4-6-17-42(36)55-45-22-20-35(28-40(45)37-16-9-24-52-49(37)55)53-43-18-7-5-15-38(43)48-46(53)23-25-51-48/h1-30H/q+2. The summed E-state index contributed by atoms with van der Waals surface area (Å²) in [4.78, 5) is 5.00. The van der Waals surface area contributed by atoms with E-state index in [9.17, 15) is 0 Å². The summed E-state index contributed by atoms with van der Waals surface area (Å²) in [6.07, 6.45) is 9.86. The molecule has 4 aromatic heterocycles. The lowest BCUT2D eigenvalue weighted by Crippen LogP contribution is -2.27. The van der Waals surface area contributed by atoms with E-state index in [4.69, 9.17) is 9.65 Å². The van der Waals surface area contributed by atoms with Crippen LogP contribution in [-0.4, -0.2) is 37.3 Å². The van der Waals surface area contributed by atoms with E-state index >= 15 is 0 Å². The molecule has 0 radical (unpaired) electrons. The molecule has 6 aromatic carbocycles. The molecule has 2 aliphatic heterocycles. The quantitative estimate of drug-likeness (QED) is 0.169. The highest BCUT2D eigenvalue weighted by atomic mass is 15.1. The van der Waals surface area contributed by atoms with Gasteiger partial charge in [0.25, 0.3) is 6.21 Å². The molecule has 6 nitrogen and oxygen atoms in total. The molecule has 0 N–H and O–H groups in total. The molecule has 0 fully saturated rings. The van der Waals surface area contributed by atoms with Gasteiger partial charge in [0, 0.05) is 39.3 Å². The van der Waals surface area contributed by atoms with Gasteiger partial charge in [-0.05, 0) is 89.5 Å². The maximum absolute atomic E-state index is 5.00. The van der Waals surface area contributed by atoms with E-state index in [-0.39, 0.29) is 0 Å². The Bertz CT molecular complexity index is 3510. The molecule has 10 aromatic rings. The molecule has 0 bridgehead atoms. The van der Waals surface area contributed by atoms with Crippen molar-refractivity contribution >= 4 is 68.5 Å². The van der Waals surface area contributed by atoms with E-state index in [0.29, 0.717) is 0 Å². The van der Waals surface area contributed by atoms with Gasteiger partial charge in [-0.2, -0.15) is 0 Å². The fourth-order valence-corrected chi connectivity index (χ4v) is 8.80. The highest BCUT2D eigenvalue weighted by molar-refractivity contribution is 6.13. The Hall–Kier alpha value is -7.75. The maximum atomic E-state index is 5.00. The van der Waals surface area contributed by atoms with Gasteiger partial charge in [-0.15, -0.1) is 0 Å². The molecule has 254 valence electrons. The largest absolute Gasteiger partial charge is 0.360 e. The molecule has 0 amide bonds. The highest BCUT2D eigenvalue weighted by Gasteiger charge is 2.26. The molecule has 6 heterocycles. The van der Waals surface area contributed by atoms with Crippen molar-refractivity contribution < 1.29 is 0 Å². The first-order valence-electron chi connectivity index (χ1n) is 18.5. The van der Waals surface area contributed by atoms with Crippen molar-refractivity contribution in [3.63, 3.8) is 0 Å². The van der Waals surface area contributed by atoms with Crippen LogP contribution in [0, 0.1) is 0 Å². The summed E-state index contributed by atoms with van der Waals surface area (Å²) >= 11 is 0. The van der Waals surface area contributed by atoms with Gasteiger partial charge < -0.3 is 9.13 Å². The van der Waals surface area contributed by atoms with E-state index in [0.717, 1.165) is 88.5 Å². The molecule has 0 saturated carbocycles. The lowest BCUT2D eigenvalue weighted by molar-refractivity contribution is 1.07. The van der Waals surface area contributed by atoms with E-state index in [2.05, 4.69) is 170 Å². The summed E-state index contributed by atoms with van der Waals surface area (Å²) in [7, 11) is 0. The topological polar surface area (TPSA) is 55.9 Å². The number of nitrogens with zero attached hydrogens (tertiary/aromatic N) is 6. The minimum absolute atomic E-state index is 0.924. The normalized spacial score (nSPS) is 12.6. The second-order valence-electron chi connectivity index (χ2n) is 14.1. The number of pyridine rings is 1. The summed E-state index contributed by atoms with van der Waals surface area (Å²) in [5.41, 5.74) is 14.5. The highest BCUT2D eigenvalue weighted by Crippen LogP contribution is 2.39. The Morgan fingerprint density at radius 2 is 1.27 bits per heavy atom. The second kappa shape index (κ2) is 11.4. The van der Waals surface area contributed by atoms with Gasteiger partial charge in [0.1, 0.15) is 16.7 Å². The zero-order valence-corrected chi connectivity index (χ0v) is 29.5. The summed E-state index contributed by atoms with van der Waals surface area (Å²) in [5, 5.41) is 6.71. The SMILES string of the molecule is C1=[N+]=Cc2c1c1cc(-c3ccccc3-n3c4ccc(-n5c6c(c7ccccc75)=[N+]=CC=6)cc4c4cccnc43)ccc1n2-c1cccc(-c2ccccc2)c1. The van der Waals surface area contributed by atoms with Crippen molar-refractivity contribution in [2.45, 2.75) is 0 Å². The van der Waals surface area contributed by atoms with Crippen LogP contribution in [0.25, 0.3) is 89.1 Å². The molecule has 0 saturated heterocycles. The van der Waals surface area contributed by atoms with Crippen molar-refractivity contribution in [1.29, 1.82) is 0 Å². The third-order valence-electron chi connectivity index (χ3n) is 11.2. The molecular weight excluding hydrogens is 673 g/mol. The van der Waals surface area contributed by atoms with Crippen LogP contribution in [0.4, 0.5) is 0 Å². The molecule has 55 heavy (non-hydrogen) atoms. The summed E-state index contributed by atoms with van der Waals surface area (Å²) in [6, 6.07) is 54.3. The van der Waals surface area contributed by atoms with Gasteiger partial charge in [0.05, 0.1) is 39.3 Å². The van der Waals surface area contributed by atoms with E-state index in [1.54, 1.807) is 0 Å². The van der Waals surface area contributed by atoms with Crippen molar-refractivity contribution in [2.24, 2.45) is 0 Å². The lowest BCUT2D eigenvalue weighted by Gasteiger charge is -2.14. The molecule has 6 heteroatoms. The number of hydrogen-bond donors (Lipinski definition) is 0. The Balaban J connectivity index is 1.03. The average Bonchev–Trinajstić information content (AvgIpc) is 4.08. The van der Waals surface area contributed by atoms with Crippen molar-refractivity contribution in [1.82, 2.24) is 28.0 Å². The predicted molar refractivity (Wildman–Crippen MR) is 227 cm³/mol. The van der Waals surface area contributed by atoms with Crippen LogP contribution >= 0.6 is 0 Å². The number of aromatic nitrogens is 4. The van der Waals surface area contributed by atoms with Crippen LogP contribution in [0.2, 0.25) is 0 Å². The molecule has 0 unspecified atom stereocenters. The average molecular weight is 703 g/mol. The Kier molecular flexibility index (Phi) is 6.16. The summed E-state index contributed by atoms with van der Waals surface area (Å²) in [6.45, 7) is 0. The van der Waals surface area contributed by atoms with E-state index in [1.807, 2.05) is 30.9 Å². The number of benzene rings is 6. The van der Waals surface area contributed by atoms with Crippen LogP contribution < -0.4 is 20.0 Å². The maximum Gasteiger partial charge on any atom is 0.360 e. The minimum Gasteiger partial charge on any atom is -0.303 e. The van der Waals surface area contributed by atoms with Crippen LogP contribution in [0.5, 0.6) is 0 Å². The van der Waals surface area contributed by atoms with E-state index < -0.39 is 0 Å². The molecule has 0 spiro atoms. The van der Waals surface area contributed by atoms with Crippen molar-refractivity contribution in [2.75, 3.05) is 0 Å². The van der Waals surface area contributed by atoms with Crippen molar-refractivity contribution in [3.05, 3.63) is 180 Å². The zero-order chi connectivity index (χ0) is 36.0. The third kappa shape index (κ3) is 4.29. The van der Waals surface area contributed by atoms with Crippen LogP contribution in [0.1, 0.15) is 11.3 Å². The van der Waals surface area contributed by atoms with Gasteiger partial charge in [-0.3, -0.25) is 4.57 Å². The first-order chi connectivity index (χ1) is 27.3. The molecule has 0 aliphatic carbocycles. The van der Waals surface area contributed by atoms with Gasteiger partial charge in [-0.25, -0.2) is 4.98 Å². The summed E-state index contributed by atoms with van der Waals surface area (Å²) < 4.78 is 16.3. The predicted octanol–water partition coefficient (Wildman–Crippen LogP) is 7.87. The monoisotopic (exact) mass is 702 g/mol. The van der Waals surface area contributed by atoms with Gasteiger partial charge >= 0.3 is 17.8 Å². The second-order valence-corrected chi connectivity index (χ2v) is 14.1. The molecule has 2 aliphatic rings. The molecule has 0 atom stereocenters. The first kappa shape index (κ1) is 29.8. The van der Waals surface area contributed by atoms with Crippen LogP contribution in [0.15, 0.2) is 158 Å². The smallest absolute Gasteiger partial charge is 0.303 e. The Labute approximate surface area is 314 Å². The fourth-order valence-electron chi connectivity index (χ4n) is 8.80. The van der Waals surface area contributed by atoms with Gasteiger partial charge in [0.2, 0.25) is 0 Å². The number of rotatable bonds is 5. The third-order valence-corrected chi connectivity index (χ3v) is 11.2. The van der Waals surface area contributed by atoms with Gasteiger partial charge in [-0.1, -0.05) is 88.2 Å². The lowest BCUT2D eigenvalue weighted by atomic mass is 10.0. The van der Waals surface area contributed by atoms with Gasteiger partial charge in [0.15, 0.2) is 0 Å². The Morgan fingerprint density at radius 3 is 2.24 bits per heavy atom. The minimum atomic E-state index is 0.924. The van der Waals surface area contributed by atoms with Crippen LogP contribution in [0.3, 0.4) is 0 Å². The first-order valence-corrected chi connectivity index (χ1v) is 18.5. The number of hydrogen-bond acceptors (Lipinski definition) is 1. The van der Waals surface area contributed by atoms with Crippen LogP contribution in [-0.2, 0) is 0 Å². The number of fused-ring (bicyclic) bond motifs is 9.